The molecule has 2 N–H and O–H groups in total. The topological polar surface area (TPSA) is 42.8 Å². The predicted molar refractivity (Wildman–Crippen MR) is 80.2 cm³/mol. The van der Waals surface area contributed by atoms with Gasteiger partial charge in [-0.05, 0) is 39.0 Å². The van der Waals surface area contributed by atoms with Crippen LogP contribution in [-0.4, -0.2) is 37.2 Å². The molecule has 6 heteroatoms. The van der Waals surface area contributed by atoms with Crippen molar-refractivity contribution in [3.8, 4) is 0 Å². The molecule has 0 aliphatic carbocycles. The van der Waals surface area contributed by atoms with Crippen LogP contribution in [0.3, 0.4) is 0 Å². The summed E-state index contributed by atoms with van der Waals surface area (Å²) in [7, 11) is 0. The Morgan fingerprint density at radius 3 is 2.62 bits per heavy atom. The van der Waals surface area contributed by atoms with Gasteiger partial charge in [-0.15, -0.1) is 0 Å². The summed E-state index contributed by atoms with van der Waals surface area (Å²) in [4.78, 5) is 13.5. The highest BCUT2D eigenvalue weighted by Gasteiger charge is 2.33. The normalized spacial score (nSPS) is 27.2. The number of carbonyl (C=O) groups excluding carboxylic acids is 1. The molecule has 2 rings (SSSR count). The quantitative estimate of drug-likeness (QED) is 0.887. The molecular formula is C15H21ClFN2O2+. The van der Waals surface area contributed by atoms with E-state index in [4.69, 9.17) is 16.3 Å². The van der Waals surface area contributed by atoms with Gasteiger partial charge >= 0.3 is 0 Å². The molecule has 21 heavy (non-hydrogen) atoms. The van der Waals surface area contributed by atoms with Gasteiger partial charge in [0.1, 0.15) is 31.1 Å². The molecule has 0 radical (unpaired) electrons. The largest absolute Gasteiger partial charge is 0.364 e. The van der Waals surface area contributed by atoms with Crippen molar-refractivity contribution in [1.29, 1.82) is 0 Å². The minimum Gasteiger partial charge on any atom is -0.364 e. The Bertz CT molecular complexity index is 516. The Hall–Kier alpha value is -1.17. The van der Waals surface area contributed by atoms with Crippen LogP contribution < -0.4 is 10.2 Å². The first-order valence-electron chi connectivity index (χ1n) is 7.12. The van der Waals surface area contributed by atoms with E-state index in [-0.39, 0.29) is 29.2 Å². The maximum atomic E-state index is 13.0. The number of rotatable bonds is 3. The van der Waals surface area contributed by atoms with Crippen LogP contribution in [0.5, 0.6) is 0 Å². The van der Waals surface area contributed by atoms with Crippen molar-refractivity contribution in [1.82, 2.24) is 0 Å². The Kier molecular flexibility index (Phi) is 5.19. The third-order valence-electron chi connectivity index (χ3n) is 3.76. The Balaban J connectivity index is 2.02. The van der Waals surface area contributed by atoms with E-state index in [1.165, 1.54) is 23.1 Å². The van der Waals surface area contributed by atoms with Gasteiger partial charge in [0.05, 0.1) is 10.7 Å². The van der Waals surface area contributed by atoms with E-state index in [1.54, 1.807) is 0 Å². The van der Waals surface area contributed by atoms with Crippen LogP contribution in [0.25, 0.3) is 0 Å². The fraction of sp³-hybridized carbons (Fsp3) is 0.533. The van der Waals surface area contributed by atoms with E-state index in [2.05, 4.69) is 5.32 Å². The van der Waals surface area contributed by atoms with Gasteiger partial charge < -0.3 is 15.0 Å². The fourth-order valence-corrected chi connectivity index (χ4v) is 2.90. The lowest BCUT2D eigenvalue weighted by atomic mass is 10.1. The molecule has 1 amide bonds. The second-order valence-corrected chi connectivity index (χ2v) is 6.07. The average Bonchev–Trinajstić information content (AvgIpc) is 2.40. The van der Waals surface area contributed by atoms with Crippen molar-refractivity contribution >= 4 is 23.2 Å². The third kappa shape index (κ3) is 4.15. The minimum absolute atomic E-state index is 0.125. The number of carbonyl (C=O) groups is 1. The first kappa shape index (κ1) is 16.2. The van der Waals surface area contributed by atoms with Crippen LogP contribution in [0.1, 0.15) is 20.8 Å². The highest BCUT2D eigenvalue weighted by Crippen LogP contribution is 2.22. The summed E-state index contributed by atoms with van der Waals surface area (Å²) in [6.45, 7) is 7.48. The lowest BCUT2D eigenvalue weighted by molar-refractivity contribution is -0.928. The maximum absolute atomic E-state index is 13.0. The van der Waals surface area contributed by atoms with Crippen LogP contribution in [-0.2, 0) is 9.53 Å². The fourth-order valence-electron chi connectivity index (χ4n) is 2.69. The van der Waals surface area contributed by atoms with Gasteiger partial charge in [0.15, 0.2) is 6.04 Å². The summed E-state index contributed by atoms with van der Waals surface area (Å²) in [6, 6.07) is 3.72. The van der Waals surface area contributed by atoms with E-state index in [0.717, 1.165) is 13.1 Å². The van der Waals surface area contributed by atoms with Crippen LogP contribution in [0.2, 0.25) is 5.02 Å². The minimum atomic E-state index is -0.424. The third-order valence-corrected chi connectivity index (χ3v) is 4.07. The number of amides is 1. The van der Waals surface area contributed by atoms with Crippen LogP contribution in [0.4, 0.5) is 10.1 Å². The second kappa shape index (κ2) is 6.73. The molecule has 0 aromatic heterocycles. The second-order valence-electron chi connectivity index (χ2n) is 5.66. The van der Waals surface area contributed by atoms with E-state index < -0.39 is 5.82 Å². The smallest absolute Gasteiger partial charge is 0.282 e. The van der Waals surface area contributed by atoms with Gasteiger partial charge in [-0.2, -0.15) is 0 Å². The Morgan fingerprint density at radius 1 is 1.43 bits per heavy atom. The van der Waals surface area contributed by atoms with Crippen molar-refractivity contribution in [2.75, 3.05) is 18.4 Å². The molecule has 0 saturated carbocycles. The Labute approximate surface area is 129 Å². The van der Waals surface area contributed by atoms with Gasteiger partial charge in [0, 0.05) is 0 Å². The van der Waals surface area contributed by atoms with Gasteiger partial charge in [0.25, 0.3) is 5.91 Å². The van der Waals surface area contributed by atoms with Crippen LogP contribution in [0.15, 0.2) is 18.2 Å². The van der Waals surface area contributed by atoms with E-state index in [1.807, 2.05) is 20.8 Å². The van der Waals surface area contributed by atoms with Crippen molar-refractivity contribution in [3.05, 3.63) is 29.0 Å². The summed E-state index contributed by atoms with van der Waals surface area (Å²) in [5.41, 5.74) is 0.434. The zero-order valence-corrected chi connectivity index (χ0v) is 13.2. The van der Waals surface area contributed by atoms with Crippen molar-refractivity contribution in [3.63, 3.8) is 0 Å². The number of hydrogen-bond acceptors (Lipinski definition) is 2. The zero-order valence-electron chi connectivity index (χ0n) is 12.5. The van der Waals surface area contributed by atoms with Gasteiger partial charge in [-0.1, -0.05) is 11.6 Å². The number of benzene rings is 1. The van der Waals surface area contributed by atoms with E-state index in [0.29, 0.717) is 5.69 Å². The molecule has 1 saturated heterocycles. The monoisotopic (exact) mass is 315 g/mol. The van der Waals surface area contributed by atoms with Crippen molar-refractivity contribution in [2.45, 2.75) is 39.0 Å². The molecule has 4 nitrogen and oxygen atoms in total. The zero-order chi connectivity index (χ0) is 15.6. The average molecular weight is 316 g/mol. The van der Waals surface area contributed by atoms with E-state index in [9.17, 15) is 9.18 Å². The van der Waals surface area contributed by atoms with E-state index >= 15 is 0 Å². The summed E-state index contributed by atoms with van der Waals surface area (Å²) < 4.78 is 18.7. The summed E-state index contributed by atoms with van der Waals surface area (Å²) >= 11 is 5.93. The lowest BCUT2D eigenvalue weighted by Crippen LogP contribution is -3.19. The molecule has 3 atom stereocenters. The highest BCUT2D eigenvalue weighted by molar-refractivity contribution is 6.33. The molecule has 1 fully saturated rings. The summed E-state index contributed by atoms with van der Waals surface area (Å²) in [6.07, 6.45) is 0.266. The number of halogens is 2. The molecule has 1 aliphatic rings. The first-order chi connectivity index (χ1) is 9.86. The molecule has 0 spiro atoms. The van der Waals surface area contributed by atoms with Crippen molar-refractivity contribution < 1.29 is 18.8 Å². The number of anilines is 1. The SMILES string of the molecule is C[C@H]1C[NH+]([C@@H](C)C(=O)Nc2ccc(F)cc2Cl)C[C@H](C)O1. The van der Waals surface area contributed by atoms with Crippen LogP contribution >= 0.6 is 11.6 Å². The lowest BCUT2D eigenvalue weighted by Gasteiger charge is -2.35. The summed E-state index contributed by atoms with van der Waals surface area (Å²) in [5, 5.41) is 2.97. The first-order valence-corrected chi connectivity index (χ1v) is 7.50. The molecule has 0 unspecified atom stereocenters. The van der Waals surface area contributed by atoms with Crippen molar-refractivity contribution in [2.24, 2.45) is 0 Å². The number of ether oxygens (including phenoxy) is 1. The molecule has 1 aliphatic heterocycles. The molecule has 116 valence electrons. The molecule has 1 heterocycles. The van der Waals surface area contributed by atoms with Gasteiger partial charge in [0.2, 0.25) is 0 Å². The number of quaternary nitrogens is 1. The molecular weight excluding hydrogens is 295 g/mol. The number of nitrogens with one attached hydrogen (secondary N) is 2. The van der Waals surface area contributed by atoms with Gasteiger partial charge in [-0.3, -0.25) is 4.79 Å². The highest BCUT2D eigenvalue weighted by atomic mass is 35.5. The number of hydrogen-bond donors (Lipinski definition) is 2. The molecule has 1 aromatic carbocycles. The standard InChI is InChI=1S/C15H20ClFN2O2/c1-9-7-19(8-10(2)21-9)11(3)15(20)18-14-5-4-12(17)6-13(14)16/h4-6,9-11H,7-8H2,1-3H3,(H,18,20)/p+1/t9-,10-,11-/m0/s1. The molecule has 0 bridgehead atoms. The number of morpholine rings is 1. The summed E-state index contributed by atoms with van der Waals surface area (Å²) in [5.74, 6) is -0.549. The Morgan fingerprint density at radius 2 is 2.05 bits per heavy atom. The van der Waals surface area contributed by atoms with Crippen LogP contribution in [0, 0.1) is 5.82 Å². The maximum Gasteiger partial charge on any atom is 0.282 e. The molecule has 1 aromatic rings. The van der Waals surface area contributed by atoms with Gasteiger partial charge in [-0.25, -0.2) is 4.39 Å². The predicted octanol–water partition coefficient (Wildman–Crippen LogP) is 1.50.